The lowest BCUT2D eigenvalue weighted by molar-refractivity contribution is 0.0946. The highest BCUT2D eigenvalue weighted by Crippen LogP contribution is 2.34. The van der Waals surface area contributed by atoms with Crippen LogP contribution in [-0.4, -0.2) is 27.4 Å². The van der Waals surface area contributed by atoms with Gasteiger partial charge < -0.3 is 10.6 Å². The van der Waals surface area contributed by atoms with Crippen molar-refractivity contribution < 1.29 is 4.79 Å². The summed E-state index contributed by atoms with van der Waals surface area (Å²) in [7, 11) is 0. The first-order valence-electron chi connectivity index (χ1n) is 10.2. The average molecular weight is 462 g/mol. The molecule has 0 saturated heterocycles. The second-order valence-electron chi connectivity index (χ2n) is 7.33. The molecule has 0 fully saturated rings. The van der Waals surface area contributed by atoms with Crippen LogP contribution in [0.2, 0.25) is 0 Å². The van der Waals surface area contributed by atoms with Crippen molar-refractivity contribution in [2.75, 3.05) is 11.9 Å². The number of benzene rings is 1. The number of nitrogens with one attached hydrogen (secondary N) is 2. The van der Waals surface area contributed by atoms with Crippen molar-refractivity contribution in [2.45, 2.75) is 28.9 Å². The van der Waals surface area contributed by atoms with Gasteiger partial charge in [0.15, 0.2) is 5.13 Å². The van der Waals surface area contributed by atoms with Gasteiger partial charge in [-0.2, -0.15) is 0 Å². The number of thiazole rings is 1. The SMILES string of the molecule is Cc1ccnc(Nc2ncc(Sc3ccnc(C(=O)NCC(C)c4ccccc4)c3)s2)c1. The van der Waals surface area contributed by atoms with E-state index in [2.05, 4.69) is 44.6 Å². The number of carbonyl (C=O) groups is 1. The van der Waals surface area contributed by atoms with E-state index in [4.69, 9.17) is 0 Å². The van der Waals surface area contributed by atoms with Gasteiger partial charge in [-0.3, -0.25) is 9.78 Å². The summed E-state index contributed by atoms with van der Waals surface area (Å²) in [5, 5.41) is 6.99. The molecule has 2 N–H and O–H groups in total. The fourth-order valence-electron chi connectivity index (χ4n) is 3.03. The molecule has 4 aromatic rings. The van der Waals surface area contributed by atoms with E-state index >= 15 is 0 Å². The van der Waals surface area contributed by atoms with Crippen molar-refractivity contribution in [1.82, 2.24) is 20.3 Å². The molecule has 1 atom stereocenters. The number of aromatic nitrogens is 3. The van der Waals surface area contributed by atoms with Crippen molar-refractivity contribution >= 4 is 40.0 Å². The summed E-state index contributed by atoms with van der Waals surface area (Å²) >= 11 is 3.08. The maximum absolute atomic E-state index is 12.6. The van der Waals surface area contributed by atoms with Crippen LogP contribution in [0.25, 0.3) is 0 Å². The topological polar surface area (TPSA) is 79.8 Å². The fraction of sp³-hybridized carbons (Fsp3) is 0.167. The monoisotopic (exact) mass is 461 g/mol. The Balaban J connectivity index is 1.36. The molecule has 0 aliphatic heterocycles. The maximum atomic E-state index is 12.6. The third kappa shape index (κ3) is 5.93. The molecule has 1 aromatic carbocycles. The number of anilines is 2. The number of hydrogen-bond acceptors (Lipinski definition) is 7. The zero-order valence-electron chi connectivity index (χ0n) is 17.8. The van der Waals surface area contributed by atoms with Crippen LogP contribution in [0.1, 0.15) is 34.5 Å². The molecule has 0 spiro atoms. The van der Waals surface area contributed by atoms with Gasteiger partial charge >= 0.3 is 0 Å². The Morgan fingerprint density at radius 1 is 1.06 bits per heavy atom. The van der Waals surface area contributed by atoms with Crippen LogP contribution in [0.5, 0.6) is 0 Å². The Labute approximate surface area is 195 Å². The van der Waals surface area contributed by atoms with E-state index in [0.717, 1.165) is 25.6 Å². The Hall–Kier alpha value is -3.23. The first-order valence-corrected chi connectivity index (χ1v) is 11.8. The summed E-state index contributed by atoms with van der Waals surface area (Å²) in [5.74, 6) is 0.819. The van der Waals surface area contributed by atoms with Gasteiger partial charge in [0.25, 0.3) is 5.91 Å². The predicted octanol–water partition coefficient (Wildman–Crippen LogP) is 5.67. The van der Waals surface area contributed by atoms with Crippen LogP contribution in [0.3, 0.4) is 0 Å². The molecule has 6 nitrogen and oxygen atoms in total. The lowest BCUT2D eigenvalue weighted by Crippen LogP contribution is -2.28. The zero-order valence-corrected chi connectivity index (χ0v) is 19.4. The molecule has 3 heterocycles. The van der Waals surface area contributed by atoms with Crippen LogP contribution >= 0.6 is 23.1 Å². The maximum Gasteiger partial charge on any atom is 0.269 e. The van der Waals surface area contributed by atoms with Gasteiger partial charge in [0.1, 0.15) is 11.5 Å². The number of nitrogens with zero attached hydrogens (tertiary/aromatic N) is 3. The highest BCUT2D eigenvalue weighted by molar-refractivity contribution is 8.01. The first kappa shape index (κ1) is 22.0. The van der Waals surface area contributed by atoms with Crippen LogP contribution in [0, 0.1) is 6.92 Å². The highest BCUT2D eigenvalue weighted by atomic mass is 32.2. The van der Waals surface area contributed by atoms with Crippen molar-refractivity contribution in [2.24, 2.45) is 0 Å². The highest BCUT2D eigenvalue weighted by Gasteiger charge is 2.12. The van der Waals surface area contributed by atoms with Crippen LogP contribution in [-0.2, 0) is 0 Å². The minimum absolute atomic E-state index is 0.174. The predicted molar refractivity (Wildman–Crippen MR) is 130 cm³/mol. The second kappa shape index (κ2) is 10.4. The molecule has 0 aliphatic rings. The number of aryl methyl sites for hydroxylation is 1. The molecule has 0 aliphatic carbocycles. The molecule has 0 radical (unpaired) electrons. The minimum atomic E-state index is -0.174. The quantitative estimate of drug-likeness (QED) is 0.352. The Kier molecular flexibility index (Phi) is 7.14. The van der Waals surface area contributed by atoms with Crippen LogP contribution in [0.15, 0.2) is 82.3 Å². The van der Waals surface area contributed by atoms with E-state index in [0.29, 0.717) is 12.2 Å². The van der Waals surface area contributed by atoms with Gasteiger partial charge in [-0.05, 0) is 48.2 Å². The molecular weight excluding hydrogens is 438 g/mol. The number of carbonyl (C=O) groups excluding carboxylic acids is 1. The normalized spacial score (nSPS) is 11.7. The molecule has 1 amide bonds. The third-order valence-corrected chi connectivity index (χ3v) is 6.76. The van der Waals surface area contributed by atoms with E-state index in [1.165, 1.54) is 16.9 Å². The number of rotatable bonds is 8. The third-order valence-electron chi connectivity index (χ3n) is 4.75. The van der Waals surface area contributed by atoms with Gasteiger partial charge in [-0.25, -0.2) is 9.97 Å². The zero-order chi connectivity index (χ0) is 22.3. The van der Waals surface area contributed by atoms with Gasteiger partial charge in [-0.1, -0.05) is 60.4 Å². The fourth-order valence-corrected chi connectivity index (χ4v) is 4.92. The molecule has 4 rings (SSSR count). The molecule has 0 saturated carbocycles. The van der Waals surface area contributed by atoms with E-state index in [1.54, 1.807) is 24.2 Å². The summed E-state index contributed by atoms with van der Waals surface area (Å²) in [6.07, 6.45) is 5.25. The molecule has 162 valence electrons. The minimum Gasteiger partial charge on any atom is -0.350 e. The van der Waals surface area contributed by atoms with Crippen molar-refractivity contribution in [3.63, 3.8) is 0 Å². The summed E-state index contributed by atoms with van der Waals surface area (Å²) in [5.41, 5.74) is 2.73. The largest absolute Gasteiger partial charge is 0.350 e. The Bertz CT molecular complexity index is 1200. The van der Waals surface area contributed by atoms with E-state index in [1.807, 2.05) is 55.6 Å². The van der Waals surface area contributed by atoms with E-state index in [-0.39, 0.29) is 11.8 Å². The van der Waals surface area contributed by atoms with Gasteiger partial charge in [-0.15, -0.1) is 0 Å². The van der Waals surface area contributed by atoms with E-state index in [9.17, 15) is 4.79 Å². The molecule has 32 heavy (non-hydrogen) atoms. The Morgan fingerprint density at radius 2 is 1.88 bits per heavy atom. The van der Waals surface area contributed by atoms with E-state index < -0.39 is 0 Å². The van der Waals surface area contributed by atoms with Crippen molar-refractivity contribution in [1.29, 1.82) is 0 Å². The number of hydrogen-bond donors (Lipinski definition) is 2. The molecule has 1 unspecified atom stereocenters. The summed E-state index contributed by atoms with van der Waals surface area (Å²) < 4.78 is 1.01. The van der Waals surface area contributed by atoms with Crippen molar-refractivity contribution in [3.8, 4) is 0 Å². The first-order chi connectivity index (χ1) is 15.6. The smallest absolute Gasteiger partial charge is 0.269 e. The van der Waals surface area contributed by atoms with Crippen LogP contribution in [0.4, 0.5) is 10.9 Å². The average Bonchev–Trinajstić information content (AvgIpc) is 3.24. The lowest BCUT2D eigenvalue weighted by atomic mass is 10.0. The molecule has 0 bridgehead atoms. The summed E-state index contributed by atoms with van der Waals surface area (Å²) in [6.45, 7) is 4.67. The van der Waals surface area contributed by atoms with Gasteiger partial charge in [0, 0.05) is 23.8 Å². The summed E-state index contributed by atoms with van der Waals surface area (Å²) in [4.78, 5) is 26.5. The standard InChI is InChI=1S/C24H23N5OS2/c1-16-8-10-26-21(12-16)29-24-28-15-22(32-24)31-19-9-11-25-20(13-19)23(30)27-14-17(2)18-6-4-3-5-7-18/h3-13,15,17H,14H2,1-2H3,(H,27,30)(H,26,28,29). The van der Waals surface area contributed by atoms with Gasteiger partial charge in [0.05, 0.1) is 10.4 Å². The second-order valence-corrected chi connectivity index (χ2v) is 9.73. The molecular formula is C24H23N5OS2. The molecule has 3 aromatic heterocycles. The lowest BCUT2D eigenvalue weighted by Gasteiger charge is -2.13. The number of amides is 1. The van der Waals surface area contributed by atoms with Crippen molar-refractivity contribution in [3.05, 3.63) is 90.0 Å². The Morgan fingerprint density at radius 3 is 2.69 bits per heavy atom. The summed E-state index contributed by atoms with van der Waals surface area (Å²) in [6, 6.07) is 17.8. The molecule has 8 heteroatoms. The van der Waals surface area contributed by atoms with Crippen LogP contribution < -0.4 is 10.6 Å². The van der Waals surface area contributed by atoms with Gasteiger partial charge in [0.2, 0.25) is 0 Å². The number of pyridine rings is 2.